The quantitative estimate of drug-likeness (QED) is 0.667. The average molecular weight is 398 g/mol. The van der Waals surface area contributed by atoms with Gasteiger partial charge in [-0.3, -0.25) is 4.79 Å². The van der Waals surface area contributed by atoms with Gasteiger partial charge < -0.3 is 10.6 Å². The van der Waals surface area contributed by atoms with Crippen molar-refractivity contribution in [3.63, 3.8) is 0 Å². The molecule has 1 aromatic carbocycles. The fourth-order valence-electron chi connectivity index (χ4n) is 3.41. The molecule has 1 aromatic rings. The Morgan fingerprint density at radius 1 is 1.23 bits per heavy atom. The molecule has 2 fully saturated rings. The fourth-order valence-corrected chi connectivity index (χ4v) is 6.40. The molecule has 0 bridgehead atoms. The standard InChI is InChI=1S/C18H27N3O3S2/c22-18(19-8-4-7-15-5-2-1-3-6-15)17-13-16(14-20-17)26(23,24)21-9-11-25-12-10-21/h1-3,5-6,16-17,20H,4,7-14H2,(H,19,22). The Bertz CT molecular complexity index is 691. The molecule has 8 heteroatoms. The van der Waals surface area contributed by atoms with Crippen LogP contribution in [0.25, 0.3) is 0 Å². The summed E-state index contributed by atoms with van der Waals surface area (Å²) in [7, 11) is -3.31. The number of nitrogens with one attached hydrogen (secondary N) is 2. The molecule has 6 nitrogen and oxygen atoms in total. The molecule has 144 valence electrons. The van der Waals surface area contributed by atoms with Crippen LogP contribution in [0.15, 0.2) is 30.3 Å². The second-order valence-corrected chi connectivity index (χ2v) is 10.2. The minimum Gasteiger partial charge on any atom is -0.355 e. The normalized spacial score (nSPS) is 24.5. The second-order valence-electron chi connectivity index (χ2n) is 6.76. The summed E-state index contributed by atoms with van der Waals surface area (Å²) in [5.74, 6) is 1.61. The van der Waals surface area contributed by atoms with Crippen LogP contribution >= 0.6 is 11.8 Å². The number of aryl methyl sites for hydroxylation is 1. The maximum absolute atomic E-state index is 12.7. The molecule has 2 aliphatic rings. The van der Waals surface area contributed by atoms with Crippen molar-refractivity contribution in [1.29, 1.82) is 0 Å². The molecule has 0 aliphatic carbocycles. The Kier molecular flexibility index (Phi) is 6.97. The van der Waals surface area contributed by atoms with Crippen LogP contribution in [-0.2, 0) is 21.2 Å². The number of sulfonamides is 1. The van der Waals surface area contributed by atoms with Crippen LogP contribution in [0.1, 0.15) is 18.4 Å². The number of thioether (sulfide) groups is 1. The lowest BCUT2D eigenvalue weighted by atomic mass is 10.1. The number of amides is 1. The maximum atomic E-state index is 12.7. The van der Waals surface area contributed by atoms with E-state index in [0.717, 1.165) is 24.3 Å². The van der Waals surface area contributed by atoms with E-state index in [9.17, 15) is 13.2 Å². The van der Waals surface area contributed by atoms with Crippen molar-refractivity contribution in [2.24, 2.45) is 0 Å². The highest BCUT2D eigenvalue weighted by Crippen LogP contribution is 2.22. The molecule has 2 heterocycles. The van der Waals surface area contributed by atoms with Gasteiger partial charge in [-0.05, 0) is 24.8 Å². The lowest BCUT2D eigenvalue weighted by molar-refractivity contribution is -0.122. The molecule has 2 atom stereocenters. The van der Waals surface area contributed by atoms with E-state index in [-0.39, 0.29) is 5.91 Å². The first-order chi connectivity index (χ1) is 12.6. The van der Waals surface area contributed by atoms with Gasteiger partial charge >= 0.3 is 0 Å². The van der Waals surface area contributed by atoms with E-state index in [1.54, 1.807) is 16.1 Å². The van der Waals surface area contributed by atoms with Gasteiger partial charge in [0.15, 0.2) is 0 Å². The third-order valence-corrected chi connectivity index (χ3v) is 8.17. The number of rotatable bonds is 7. The van der Waals surface area contributed by atoms with Crippen LogP contribution in [0.5, 0.6) is 0 Å². The Labute approximate surface area is 160 Å². The summed E-state index contributed by atoms with van der Waals surface area (Å²) in [6, 6.07) is 9.76. The first-order valence-corrected chi connectivity index (χ1v) is 11.8. The molecular formula is C18H27N3O3S2. The Hall–Kier alpha value is -1.09. The van der Waals surface area contributed by atoms with E-state index in [0.29, 0.717) is 32.6 Å². The van der Waals surface area contributed by atoms with E-state index >= 15 is 0 Å². The summed E-state index contributed by atoms with van der Waals surface area (Å²) in [5.41, 5.74) is 1.26. The number of carbonyl (C=O) groups excluding carboxylic acids is 1. The zero-order valence-electron chi connectivity index (χ0n) is 14.9. The predicted molar refractivity (Wildman–Crippen MR) is 106 cm³/mol. The van der Waals surface area contributed by atoms with Crippen LogP contribution < -0.4 is 10.6 Å². The molecule has 26 heavy (non-hydrogen) atoms. The second kappa shape index (κ2) is 9.21. The number of hydrogen-bond donors (Lipinski definition) is 2. The minimum absolute atomic E-state index is 0.0926. The molecule has 3 rings (SSSR count). The van der Waals surface area contributed by atoms with Crippen LogP contribution in [0, 0.1) is 0 Å². The highest BCUT2D eigenvalue weighted by Gasteiger charge is 2.40. The van der Waals surface area contributed by atoms with Crippen molar-refractivity contribution in [2.45, 2.75) is 30.6 Å². The highest BCUT2D eigenvalue weighted by atomic mass is 32.2. The SMILES string of the molecule is O=C(NCCCc1ccccc1)C1CC(S(=O)(=O)N2CCSCC2)CN1. The van der Waals surface area contributed by atoms with E-state index in [2.05, 4.69) is 22.8 Å². The van der Waals surface area contributed by atoms with Crippen LogP contribution in [0.2, 0.25) is 0 Å². The zero-order valence-corrected chi connectivity index (χ0v) is 16.5. The van der Waals surface area contributed by atoms with E-state index < -0.39 is 21.3 Å². The Balaban J connectivity index is 1.42. The van der Waals surface area contributed by atoms with Crippen molar-refractivity contribution in [3.05, 3.63) is 35.9 Å². The maximum Gasteiger partial charge on any atom is 0.237 e. The number of nitrogens with zero attached hydrogens (tertiary/aromatic N) is 1. The highest BCUT2D eigenvalue weighted by molar-refractivity contribution is 7.99. The van der Waals surface area contributed by atoms with Gasteiger partial charge in [0.05, 0.1) is 11.3 Å². The largest absolute Gasteiger partial charge is 0.355 e. The van der Waals surface area contributed by atoms with Gasteiger partial charge in [0.25, 0.3) is 0 Å². The molecule has 2 unspecified atom stereocenters. The number of benzene rings is 1. The summed E-state index contributed by atoms with van der Waals surface area (Å²) in [6.07, 6.45) is 2.15. The fraction of sp³-hybridized carbons (Fsp3) is 0.611. The van der Waals surface area contributed by atoms with Gasteiger partial charge in [-0.25, -0.2) is 8.42 Å². The van der Waals surface area contributed by atoms with Gasteiger partial charge in [0.2, 0.25) is 15.9 Å². The van der Waals surface area contributed by atoms with E-state index in [1.807, 2.05) is 18.2 Å². The van der Waals surface area contributed by atoms with Gasteiger partial charge in [-0.1, -0.05) is 30.3 Å². The molecule has 0 saturated carbocycles. The van der Waals surface area contributed by atoms with Crippen molar-refractivity contribution < 1.29 is 13.2 Å². The summed E-state index contributed by atoms with van der Waals surface area (Å²) in [4.78, 5) is 12.3. The van der Waals surface area contributed by atoms with Crippen molar-refractivity contribution in [3.8, 4) is 0 Å². The topological polar surface area (TPSA) is 78.5 Å². The van der Waals surface area contributed by atoms with Crippen molar-refractivity contribution >= 4 is 27.7 Å². The van der Waals surface area contributed by atoms with Crippen molar-refractivity contribution in [2.75, 3.05) is 37.7 Å². The van der Waals surface area contributed by atoms with Gasteiger partial charge in [-0.15, -0.1) is 0 Å². The monoisotopic (exact) mass is 397 g/mol. The zero-order chi connectivity index (χ0) is 18.4. The first-order valence-electron chi connectivity index (χ1n) is 9.19. The molecule has 0 radical (unpaired) electrons. The lowest BCUT2D eigenvalue weighted by Crippen LogP contribution is -2.44. The van der Waals surface area contributed by atoms with E-state index in [1.165, 1.54) is 5.56 Å². The first kappa shape index (κ1) is 19.7. The summed E-state index contributed by atoms with van der Waals surface area (Å²) in [5, 5.41) is 5.53. The third kappa shape index (κ3) is 5.00. The molecule has 2 N–H and O–H groups in total. The summed E-state index contributed by atoms with van der Waals surface area (Å²) in [6.45, 7) is 2.13. The Morgan fingerprint density at radius 3 is 2.69 bits per heavy atom. The summed E-state index contributed by atoms with van der Waals surface area (Å²) < 4.78 is 27.0. The average Bonchev–Trinajstić information content (AvgIpc) is 3.18. The van der Waals surface area contributed by atoms with Crippen LogP contribution in [-0.4, -0.2) is 67.6 Å². The third-order valence-electron chi connectivity index (χ3n) is 4.94. The van der Waals surface area contributed by atoms with Gasteiger partial charge in [0.1, 0.15) is 0 Å². The molecule has 0 spiro atoms. The predicted octanol–water partition coefficient (Wildman–Crippen LogP) is 0.845. The molecule has 0 aromatic heterocycles. The van der Waals surface area contributed by atoms with Crippen LogP contribution in [0.4, 0.5) is 0 Å². The van der Waals surface area contributed by atoms with Crippen LogP contribution in [0.3, 0.4) is 0 Å². The smallest absolute Gasteiger partial charge is 0.237 e. The van der Waals surface area contributed by atoms with Crippen molar-refractivity contribution in [1.82, 2.24) is 14.9 Å². The molecule has 2 saturated heterocycles. The molecule has 1 amide bonds. The molecule has 2 aliphatic heterocycles. The molecular weight excluding hydrogens is 370 g/mol. The van der Waals surface area contributed by atoms with Gasteiger partial charge in [-0.2, -0.15) is 16.1 Å². The van der Waals surface area contributed by atoms with E-state index in [4.69, 9.17) is 0 Å². The number of carbonyl (C=O) groups is 1. The minimum atomic E-state index is -3.31. The Morgan fingerprint density at radius 2 is 1.96 bits per heavy atom. The van der Waals surface area contributed by atoms with Gasteiger partial charge in [0, 0.05) is 37.7 Å². The summed E-state index contributed by atoms with van der Waals surface area (Å²) >= 11 is 1.79. The lowest BCUT2D eigenvalue weighted by Gasteiger charge is -2.28. The number of hydrogen-bond acceptors (Lipinski definition) is 5.